The maximum Gasteiger partial charge on any atom is 0.317 e. The zero-order valence-electron chi connectivity index (χ0n) is 13.7. The Hall–Kier alpha value is -1.40. The van der Waals surface area contributed by atoms with Crippen LogP contribution in [0.15, 0.2) is 30.3 Å². The molecule has 5 nitrogen and oxygen atoms in total. The van der Waals surface area contributed by atoms with Gasteiger partial charge in [-0.15, -0.1) is 0 Å². The molecule has 1 aromatic carbocycles. The van der Waals surface area contributed by atoms with Crippen LogP contribution in [0.5, 0.6) is 0 Å². The van der Waals surface area contributed by atoms with E-state index >= 15 is 0 Å². The fraction of sp³-hybridized carbons (Fsp3) is 0.588. The second kappa shape index (κ2) is 9.67. The number of nitrogens with one attached hydrogen (secondary N) is 1. The molecule has 1 unspecified atom stereocenters. The van der Waals surface area contributed by atoms with Gasteiger partial charge >= 0.3 is 6.03 Å². The molecule has 128 valence electrons. The highest BCUT2D eigenvalue weighted by molar-refractivity contribution is 7.84. The van der Waals surface area contributed by atoms with Crippen molar-refractivity contribution in [1.29, 1.82) is 0 Å². The van der Waals surface area contributed by atoms with E-state index in [-0.39, 0.29) is 12.1 Å². The van der Waals surface area contributed by atoms with Gasteiger partial charge in [0.25, 0.3) is 0 Å². The number of urea groups is 1. The van der Waals surface area contributed by atoms with Gasteiger partial charge in [-0.1, -0.05) is 30.3 Å². The number of hydrogen-bond donors (Lipinski definition) is 1. The lowest BCUT2D eigenvalue weighted by molar-refractivity contribution is 0.0221. The Balaban J connectivity index is 1.62. The van der Waals surface area contributed by atoms with Gasteiger partial charge in [0.1, 0.15) is 0 Å². The Morgan fingerprint density at radius 1 is 1.30 bits per heavy atom. The van der Waals surface area contributed by atoms with Gasteiger partial charge in [-0.3, -0.25) is 4.21 Å². The largest absolute Gasteiger partial charge is 0.378 e. The lowest BCUT2D eigenvalue weighted by Crippen LogP contribution is -2.46. The number of benzene rings is 1. The molecule has 1 aliphatic rings. The minimum absolute atomic E-state index is 0.0586. The van der Waals surface area contributed by atoms with Gasteiger partial charge < -0.3 is 15.0 Å². The number of hydrogen-bond acceptors (Lipinski definition) is 3. The average molecular weight is 338 g/mol. The Kier molecular flexibility index (Phi) is 7.55. The summed E-state index contributed by atoms with van der Waals surface area (Å²) in [4.78, 5) is 13.9. The van der Waals surface area contributed by atoms with E-state index in [1.807, 2.05) is 42.2 Å². The molecule has 0 saturated carbocycles. The number of likely N-dealkylation sites (tertiary alicyclic amines) is 1. The normalized spacial score (nSPS) is 17.0. The summed E-state index contributed by atoms with van der Waals surface area (Å²) in [6.07, 6.45) is 2.06. The van der Waals surface area contributed by atoms with E-state index in [1.165, 1.54) is 0 Å². The summed E-state index contributed by atoms with van der Waals surface area (Å²) in [5.74, 6) is 1.02. The molecule has 1 atom stereocenters. The highest BCUT2D eigenvalue weighted by Gasteiger charge is 2.22. The van der Waals surface area contributed by atoms with Gasteiger partial charge in [0.05, 0.1) is 6.10 Å². The molecular weight excluding hydrogens is 312 g/mol. The predicted octanol–water partition coefficient (Wildman–Crippen LogP) is 2.15. The van der Waals surface area contributed by atoms with Crippen LogP contribution < -0.4 is 5.32 Å². The molecule has 1 heterocycles. The Bertz CT molecular complexity index is 502. The highest BCUT2D eigenvalue weighted by Crippen LogP contribution is 2.13. The van der Waals surface area contributed by atoms with Crippen molar-refractivity contribution in [2.75, 3.05) is 32.0 Å². The van der Waals surface area contributed by atoms with Crippen molar-refractivity contribution in [3.63, 3.8) is 0 Å². The molecule has 0 aliphatic carbocycles. The molecule has 2 amide bonds. The minimum atomic E-state index is -0.954. The van der Waals surface area contributed by atoms with Crippen LogP contribution in [0, 0.1) is 0 Å². The molecule has 0 bridgehead atoms. The van der Waals surface area contributed by atoms with E-state index in [4.69, 9.17) is 4.74 Å². The summed E-state index contributed by atoms with van der Waals surface area (Å²) in [6, 6.07) is 9.72. The summed E-state index contributed by atoms with van der Waals surface area (Å²) in [5.41, 5.74) is 1.06. The van der Waals surface area contributed by atoms with Crippen molar-refractivity contribution < 1.29 is 13.7 Å². The third kappa shape index (κ3) is 6.31. The molecule has 1 aliphatic heterocycles. The summed E-state index contributed by atoms with van der Waals surface area (Å²) in [7, 11) is -0.954. The van der Waals surface area contributed by atoms with E-state index in [2.05, 4.69) is 5.32 Å². The van der Waals surface area contributed by atoms with Crippen molar-refractivity contribution in [3.05, 3.63) is 35.9 Å². The second-order valence-corrected chi connectivity index (χ2v) is 7.22. The first-order chi connectivity index (χ1) is 11.2. The second-order valence-electron chi connectivity index (χ2n) is 5.65. The van der Waals surface area contributed by atoms with Crippen LogP contribution in [0.3, 0.4) is 0 Å². The van der Waals surface area contributed by atoms with Crippen molar-refractivity contribution in [2.24, 2.45) is 0 Å². The van der Waals surface area contributed by atoms with Crippen molar-refractivity contribution in [2.45, 2.75) is 31.6 Å². The van der Waals surface area contributed by atoms with Crippen LogP contribution in [-0.2, 0) is 21.3 Å². The summed E-state index contributed by atoms with van der Waals surface area (Å²) >= 11 is 0. The molecule has 2 rings (SSSR count). The molecule has 0 radical (unpaired) electrons. The standard InChI is InChI=1S/C17H26N2O3S/c1-2-22-16-8-11-19(12-9-16)17(20)18-10-13-23(21)14-15-6-4-3-5-7-15/h3-7,16H,2,8-14H2,1H3,(H,18,20). The van der Waals surface area contributed by atoms with Crippen molar-refractivity contribution in [1.82, 2.24) is 10.2 Å². The van der Waals surface area contributed by atoms with Gasteiger partial charge in [-0.05, 0) is 25.3 Å². The molecule has 0 spiro atoms. The van der Waals surface area contributed by atoms with Gasteiger partial charge in [0, 0.05) is 48.5 Å². The molecule has 1 N–H and O–H groups in total. The Morgan fingerprint density at radius 2 is 2.00 bits per heavy atom. The molecule has 23 heavy (non-hydrogen) atoms. The first-order valence-corrected chi connectivity index (χ1v) is 9.71. The first-order valence-electron chi connectivity index (χ1n) is 8.22. The number of carbonyl (C=O) groups excluding carboxylic acids is 1. The number of carbonyl (C=O) groups is 1. The predicted molar refractivity (Wildman–Crippen MR) is 92.8 cm³/mol. The zero-order chi connectivity index (χ0) is 16.5. The van der Waals surface area contributed by atoms with Gasteiger partial charge in [0.2, 0.25) is 0 Å². The lowest BCUT2D eigenvalue weighted by atomic mass is 10.1. The fourth-order valence-corrected chi connectivity index (χ4v) is 3.72. The van der Waals surface area contributed by atoms with E-state index < -0.39 is 10.8 Å². The number of rotatable bonds is 7. The van der Waals surface area contributed by atoms with Crippen molar-refractivity contribution in [3.8, 4) is 0 Å². The smallest absolute Gasteiger partial charge is 0.317 e. The quantitative estimate of drug-likeness (QED) is 0.829. The van der Waals surface area contributed by atoms with Crippen molar-refractivity contribution >= 4 is 16.8 Å². The van der Waals surface area contributed by atoms with Gasteiger partial charge in [0.15, 0.2) is 0 Å². The maximum atomic E-state index is 12.1. The van der Waals surface area contributed by atoms with Gasteiger partial charge in [-0.2, -0.15) is 0 Å². The number of amides is 2. The Labute approximate surface area is 140 Å². The van der Waals surface area contributed by atoms with Crippen LogP contribution in [0.2, 0.25) is 0 Å². The fourth-order valence-electron chi connectivity index (χ4n) is 2.68. The average Bonchev–Trinajstić information content (AvgIpc) is 2.56. The SMILES string of the molecule is CCOC1CCN(C(=O)NCCS(=O)Cc2ccccc2)CC1. The maximum absolute atomic E-state index is 12.1. The number of piperidine rings is 1. The third-order valence-electron chi connectivity index (χ3n) is 3.91. The minimum Gasteiger partial charge on any atom is -0.378 e. The molecule has 1 aromatic rings. The van der Waals surface area contributed by atoms with E-state index in [0.717, 1.165) is 38.1 Å². The molecule has 1 saturated heterocycles. The Morgan fingerprint density at radius 3 is 2.65 bits per heavy atom. The van der Waals surface area contributed by atoms with Crippen LogP contribution in [0.1, 0.15) is 25.3 Å². The molecule has 6 heteroatoms. The first kappa shape index (κ1) is 17.9. The van der Waals surface area contributed by atoms with E-state index in [0.29, 0.717) is 18.1 Å². The third-order valence-corrected chi connectivity index (χ3v) is 5.22. The summed E-state index contributed by atoms with van der Waals surface area (Å²) in [5, 5.41) is 2.87. The van der Waals surface area contributed by atoms with Crippen LogP contribution in [0.25, 0.3) is 0 Å². The van der Waals surface area contributed by atoms with Gasteiger partial charge in [-0.25, -0.2) is 4.79 Å². The lowest BCUT2D eigenvalue weighted by Gasteiger charge is -2.31. The number of ether oxygens (including phenoxy) is 1. The zero-order valence-corrected chi connectivity index (χ0v) is 14.5. The van der Waals surface area contributed by atoms with E-state index in [9.17, 15) is 9.00 Å². The van der Waals surface area contributed by atoms with Crippen LogP contribution in [-0.4, -0.2) is 53.2 Å². The highest BCUT2D eigenvalue weighted by atomic mass is 32.2. The summed E-state index contributed by atoms with van der Waals surface area (Å²) in [6.45, 7) is 4.62. The monoisotopic (exact) mass is 338 g/mol. The van der Waals surface area contributed by atoms with E-state index in [1.54, 1.807) is 0 Å². The topological polar surface area (TPSA) is 58.6 Å². The molecule has 0 aromatic heterocycles. The number of nitrogens with zero attached hydrogens (tertiary/aromatic N) is 1. The molecule has 1 fully saturated rings. The van der Waals surface area contributed by atoms with Crippen LogP contribution >= 0.6 is 0 Å². The summed E-state index contributed by atoms with van der Waals surface area (Å²) < 4.78 is 17.6. The molecular formula is C17H26N2O3S. The van der Waals surface area contributed by atoms with Crippen LogP contribution in [0.4, 0.5) is 4.79 Å².